The van der Waals surface area contributed by atoms with Crippen molar-refractivity contribution in [2.45, 2.75) is 58.8 Å². The van der Waals surface area contributed by atoms with Gasteiger partial charge in [-0.1, -0.05) is 96.8 Å². The van der Waals surface area contributed by atoms with E-state index in [9.17, 15) is 0 Å². The molecule has 0 saturated heterocycles. The van der Waals surface area contributed by atoms with Gasteiger partial charge in [-0.05, 0) is 68.2 Å². The molecule has 140 valence electrons. The zero-order valence-electron chi connectivity index (χ0n) is 16.9. The molecule has 0 fully saturated rings. The highest BCUT2D eigenvalue weighted by Gasteiger charge is 2.10. The van der Waals surface area contributed by atoms with Gasteiger partial charge in [0.25, 0.3) is 0 Å². The molecule has 0 aliphatic heterocycles. The van der Waals surface area contributed by atoms with Crippen LogP contribution in [0, 0.1) is 13.8 Å². The SMILES string of the molecule is C=C1C=C(CCCCCCc2cc(C)cc(C)c2)CC(c2ccccc2)=C1. The van der Waals surface area contributed by atoms with Gasteiger partial charge in [-0.2, -0.15) is 0 Å². The molecule has 0 N–H and O–H groups in total. The lowest BCUT2D eigenvalue weighted by atomic mass is 9.88. The van der Waals surface area contributed by atoms with E-state index in [1.165, 1.54) is 71.9 Å². The fraction of sp³-hybridized carbons (Fsp3) is 0.333. The Labute approximate surface area is 165 Å². The molecule has 0 bridgehead atoms. The smallest absolute Gasteiger partial charge is 0.00576 e. The molecule has 0 spiro atoms. The molecule has 0 heteroatoms. The average molecular weight is 357 g/mol. The highest BCUT2D eigenvalue weighted by Crippen LogP contribution is 2.31. The maximum absolute atomic E-state index is 4.19. The summed E-state index contributed by atoms with van der Waals surface area (Å²) in [4.78, 5) is 0. The molecule has 0 unspecified atom stereocenters. The van der Waals surface area contributed by atoms with Crippen LogP contribution in [0.15, 0.2) is 78.4 Å². The fourth-order valence-corrected chi connectivity index (χ4v) is 4.12. The first kappa shape index (κ1) is 19.4. The van der Waals surface area contributed by atoms with Gasteiger partial charge in [0.15, 0.2) is 0 Å². The van der Waals surface area contributed by atoms with Crippen LogP contribution in [0.2, 0.25) is 0 Å². The fourth-order valence-electron chi connectivity index (χ4n) is 4.12. The molecule has 0 aromatic heterocycles. The number of hydrogen-bond donors (Lipinski definition) is 0. The van der Waals surface area contributed by atoms with Crippen LogP contribution in [0.1, 0.15) is 60.8 Å². The Hall–Kier alpha value is -2.34. The van der Waals surface area contributed by atoms with E-state index >= 15 is 0 Å². The molecular formula is C27H32. The second-order valence-electron chi connectivity index (χ2n) is 8.00. The van der Waals surface area contributed by atoms with E-state index in [1.54, 1.807) is 0 Å². The molecular weight excluding hydrogens is 324 g/mol. The maximum atomic E-state index is 4.19. The molecule has 1 aliphatic rings. The third-order valence-electron chi connectivity index (χ3n) is 5.31. The standard InChI is InChI=1S/C27H32/c1-21-15-22(2)17-24(16-21)11-7-4-5-8-12-25-18-23(3)19-27(20-25)26-13-9-6-10-14-26/h6,9-10,13-19H,3-5,7-8,11-12,20H2,1-2H3. The summed E-state index contributed by atoms with van der Waals surface area (Å²) in [6.07, 6.45) is 13.2. The van der Waals surface area contributed by atoms with Gasteiger partial charge in [0.2, 0.25) is 0 Å². The van der Waals surface area contributed by atoms with Crippen molar-refractivity contribution >= 4 is 5.57 Å². The molecule has 0 saturated carbocycles. The van der Waals surface area contributed by atoms with Gasteiger partial charge in [-0.3, -0.25) is 0 Å². The third-order valence-corrected chi connectivity index (χ3v) is 5.31. The van der Waals surface area contributed by atoms with Crippen LogP contribution in [0.4, 0.5) is 0 Å². The van der Waals surface area contributed by atoms with Crippen molar-refractivity contribution in [3.8, 4) is 0 Å². The number of rotatable bonds is 8. The first-order chi connectivity index (χ1) is 13.1. The van der Waals surface area contributed by atoms with Gasteiger partial charge < -0.3 is 0 Å². The summed E-state index contributed by atoms with van der Waals surface area (Å²) in [6.45, 7) is 8.58. The normalized spacial score (nSPS) is 14.1. The van der Waals surface area contributed by atoms with Crippen molar-refractivity contribution in [1.82, 2.24) is 0 Å². The first-order valence-corrected chi connectivity index (χ1v) is 10.3. The Bertz CT molecular complexity index is 813. The number of allylic oxidation sites excluding steroid dienone is 5. The van der Waals surface area contributed by atoms with Crippen molar-refractivity contribution in [2.75, 3.05) is 0 Å². The van der Waals surface area contributed by atoms with Gasteiger partial charge in [0.1, 0.15) is 0 Å². The summed E-state index contributed by atoms with van der Waals surface area (Å²) in [5, 5.41) is 0. The Morgan fingerprint density at radius 3 is 2.15 bits per heavy atom. The van der Waals surface area contributed by atoms with Crippen LogP contribution in [0.3, 0.4) is 0 Å². The minimum Gasteiger partial charge on any atom is -0.0918 e. The number of aryl methyl sites for hydroxylation is 3. The van der Waals surface area contributed by atoms with Gasteiger partial charge in [-0.15, -0.1) is 0 Å². The number of unbranched alkanes of at least 4 members (excludes halogenated alkanes) is 3. The van der Waals surface area contributed by atoms with Crippen LogP contribution in [0.5, 0.6) is 0 Å². The highest BCUT2D eigenvalue weighted by atomic mass is 14.2. The summed E-state index contributed by atoms with van der Waals surface area (Å²) in [5.74, 6) is 0. The van der Waals surface area contributed by atoms with Crippen molar-refractivity contribution in [1.29, 1.82) is 0 Å². The van der Waals surface area contributed by atoms with Crippen LogP contribution in [-0.4, -0.2) is 0 Å². The third kappa shape index (κ3) is 6.10. The van der Waals surface area contributed by atoms with E-state index in [4.69, 9.17) is 0 Å². The Morgan fingerprint density at radius 2 is 1.44 bits per heavy atom. The van der Waals surface area contributed by atoms with Gasteiger partial charge >= 0.3 is 0 Å². The van der Waals surface area contributed by atoms with Gasteiger partial charge in [0.05, 0.1) is 0 Å². The predicted octanol–water partition coefficient (Wildman–Crippen LogP) is 7.77. The maximum Gasteiger partial charge on any atom is -0.00576 e. The summed E-state index contributed by atoms with van der Waals surface area (Å²) in [6, 6.07) is 17.7. The summed E-state index contributed by atoms with van der Waals surface area (Å²) >= 11 is 0. The van der Waals surface area contributed by atoms with E-state index in [0.717, 1.165) is 12.0 Å². The number of hydrogen-bond acceptors (Lipinski definition) is 0. The zero-order valence-corrected chi connectivity index (χ0v) is 16.9. The molecule has 3 rings (SSSR count). The predicted molar refractivity (Wildman–Crippen MR) is 119 cm³/mol. The minimum atomic E-state index is 1.08. The Morgan fingerprint density at radius 1 is 0.778 bits per heavy atom. The Kier molecular flexibility index (Phi) is 6.87. The quantitative estimate of drug-likeness (QED) is 0.424. The minimum absolute atomic E-state index is 1.08. The van der Waals surface area contributed by atoms with Crippen LogP contribution < -0.4 is 0 Å². The molecule has 0 nitrogen and oxygen atoms in total. The van der Waals surface area contributed by atoms with Crippen LogP contribution in [-0.2, 0) is 6.42 Å². The van der Waals surface area contributed by atoms with Crippen LogP contribution in [0.25, 0.3) is 5.57 Å². The summed E-state index contributed by atoms with van der Waals surface area (Å²) in [7, 11) is 0. The van der Waals surface area contributed by atoms with E-state index in [-0.39, 0.29) is 0 Å². The molecule has 27 heavy (non-hydrogen) atoms. The number of benzene rings is 2. The monoisotopic (exact) mass is 356 g/mol. The molecule has 0 amide bonds. The lowest BCUT2D eigenvalue weighted by Crippen LogP contribution is -1.96. The second-order valence-corrected chi connectivity index (χ2v) is 8.00. The van der Waals surface area contributed by atoms with Crippen molar-refractivity contribution < 1.29 is 0 Å². The largest absolute Gasteiger partial charge is 0.0918 e. The lowest BCUT2D eigenvalue weighted by Gasteiger charge is -2.17. The molecule has 2 aromatic rings. The van der Waals surface area contributed by atoms with Gasteiger partial charge in [0, 0.05) is 0 Å². The topological polar surface area (TPSA) is 0 Å². The van der Waals surface area contributed by atoms with E-state index < -0.39 is 0 Å². The molecule has 1 aliphatic carbocycles. The summed E-state index contributed by atoms with van der Waals surface area (Å²) < 4.78 is 0. The van der Waals surface area contributed by atoms with E-state index in [0.29, 0.717) is 0 Å². The van der Waals surface area contributed by atoms with Crippen molar-refractivity contribution in [2.24, 2.45) is 0 Å². The first-order valence-electron chi connectivity index (χ1n) is 10.3. The van der Waals surface area contributed by atoms with Crippen molar-refractivity contribution in [3.63, 3.8) is 0 Å². The molecule has 2 aromatic carbocycles. The molecule has 0 heterocycles. The molecule has 0 radical (unpaired) electrons. The van der Waals surface area contributed by atoms with E-state index in [2.05, 4.69) is 81.1 Å². The van der Waals surface area contributed by atoms with Crippen molar-refractivity contribution in [3.05, 3.63) is 101 Å². The lowest BCUT2D eigenvalue weighted by molar-refractivity contribution is 0.636. The molecule has 0 atom stereocenters. The van der Waals surface area contributed by atoms with Gasteiger partial charge in [-0.25, -0.2) is 0 Å². The highest BCUT2D eigenvalue weighted by molar-refractivity contribution is 5.73. The zero-order chi connectivity index (χ0) is 19.1. The summed E-state index contributed by atoms with van der Waals surface area (Å²) in [5.41, 5.74) is 9.69. The Balaban J connectivity index is 1.40. The average Bonchev–Trinajstić information content (AvgIpc) is 2.64. The van der Waals surface area contributed by atoms with Crippen LogP contribution >= 0.6 is 0 Å². The van der Waals surface area contributed by atoms with E-state index in [1.807, 2.05) is 0 Å². The second kappa shape index (κ2) is 9.55.